The van der Waals surface area contributed by atoms with Gasteiger partial charge in [0.25, 0.3) is 0 Å². The second-order valence-corrected chi connectivity index (χ2v) is 7.53. The van der Waals surface area contributed by atoms with Crippen LogP contribution >= 0.6 is 0 Å². The lowest BCUT2D eigenvalue weighted by molar-refractivity contribution is 0.116. The smallest absolute Gasteiger partial charge is 0.321 e. The summed E-state index contributed by atoms with van der Waals surface area (Å²) in [5, 5.41) is 4.13. The SMILES string of the molecule is Cc1cnc2ccccc2c1NC(=O)N1CCN(C)C(Cc2ccccc2)C1. The molecule has 5 heteroatoms. The zero-order valence-electron chi connectivity index (χ0n) is 16.4. The number of hydrogen-bond acceptors (Lipinski definition) is 3. The largest absolute Gasteiger partial charge is 0.322 e. The summed E-state index contributed by atoms with van der Waals surface area (Å²) < 4.78 is 0. The number of rotatable bonds is 3. The van der Waals surface area contributed by atoms with Crippen LogP contribution in [0.2, 0.25) is 0 Å². The van der Waals surface area contributed by atoms with Crippen LogP contribution in [0.25, 0.3) is 10.9 Å². The van der Waals surface area contributed by atoms with E-state index >= 15 is 0 Å². The summed E-state index contributed by atoms with van der Waals surface area (Å²) in [6, 6.07) is 18.7. The molecule has 1 fully saturated rings. The Bertz CT molecular complexity index is 973. The molecule has 1 aliphatic rings. The maximum atomic E-state index is 13.0. The second kappa shape index (κ2) is 7.98. The van der Waals surface area contributed by atoms with Gasteiger partial charge in [0.2, 0.25) is 0 Å². The van der Waals surface area contributed by atoms with Gasteiger partial charge in [-0.3, -0.25) is 9.88 Å². The molecule has 5 nitrogen and oxygen atoms in total. The van der Waals surface area contributed by atoms with E-state index in [2.05, 4.69) is 46.5 Å². The van der Waals surface area contributed by atoms with E-state index in [0.29, 0.717) is 6.04 Å². The van der Waals surface area contributed by atoms with E-state index in [1.165, 1.54) is 5.56 Å². The summed E-state index contributed by atoms with van der Waals surface area (Å²) in [5.74, 6) is 0. The Kier molecular flexibility index (Phi) is 5.26. The molecular formula is C23H26N4O. The van der Waals surface area contributed by atoms with Crippen molar-refractivity contribution in [3.63, 3.8) is 0 Å². The van der Waals surface area contributed by atoms with Crippen molar-refractivity contribution < 1.29 is 4.79 Å². The van der Waals surface area contributed by atoms with Crippen molar-refractivity contribution in [1.82, 2.24) is 14.8 Å². The molecular weight excluding hydrogens is 348 g/mol. The standard InChI is InChI=1S/C23H26N4O/c1-17-15-24-21-11-7-6-10-20(21)22(17)25-23(28)27-13-12-26(2)19(16-27)14-18-8-4-3-5-9-18/h3-11,15,19H,12-14,16H2,1-2H3,(H,24,25,28). The van der Waals surface area contributed by atoms with Gasteiger partial charge in [0.15, 0.2) is 0 Å². The topological polar surface area (TPSA) is 48.5 Å². The van der Waals surface area contributed by atoms with Crippen LogP contribution in [0.5, 0.6) is 0 Å². The molecule has 1 aromatic heterocycles. The van der Waals surface area contributed by atoms with Gasteiger partial charge in [-0.05, 0) is 37.6 Å². The van der Waals surface area contributed by atoms with Gasteiger partial charge >= 0.3 is 6.03 Å². The highest BCUT2D eigenvalue weighted by Gasteiger charge is 2.28. The summed E-state index contributed by atoms with van der Waals surface area (Å²) in [5.41, 5.74) is 4.03. The summed E-state index contributed by atoms with van der Waals surface area (Å²) in [6.07, 6.45) is 2.76. The molecule has 1 atom stereocenters. The number of fused-ring (bicyclic) bond motifs is 1. The molecule has 1 N–H and O–H groups in total. The molecule has 2 heterocycles. The van der Waals surface area contributed by atoms with Gasteiger partial charge in [-0.15, -0.1) is 0 Å². The van der Waals surface area contributed by atoms with E-state index in [1.54, 1.807) is 0 Å². The van der Waals surface area contributed by atoms with Crippen LogP contribution < -0.4 is 5.32 Å². The van der Waals surface area contributed by atoms with E-state index < -0.39 is 0 Å². The van der Waals surface area contributed by atoms with Crippen LogP contribution in [-0.4, -0.2) is 53.5 Å². The Labute approximate surface area is 166 Å². The van der Waals surface area contributed by atoms with Crippen molar-refractivity contribution in [2.24, 2.45) is 0 Å². The van der Waals surface area contributed by atoms with Crippen LogP contribution in [0.1, 0.15) is 11.1 Å². The number of carbonyl (C=O) groups excluding carboxylic acids is 1. The number of pyridine rings is 1. The minimum Gasteiger partial charge on any atom is -0.322 e. The molecule has 0 bridgehead atoms. The molecule has 0 radical (unpaired) electrons. The van der Waals surface area contributed by atoms with Crippen molar-refractivity contribution in [3.05, 3.63) is 71.9 Å². The van der Waals surface area contributed by atoms with Crippen LogP contribution in [0, 0.1) is 6.92 Å². The molecule has 0 aliphatic carbocycles. The molecule has 1 unspecified atom stereocenters. The van der Waals surface area contributed by atoms with Crippen LogP contribution in [0.3, 0.4) is 0 Å². The minimum absolute atomic E-state index is 0.0365. The number of amides is 2. The highest BCUT2D eigenvalue weighted by atomic mass is 16.2. The number of para-hydroxylation sites is 1. The predicted molar refractivity (Wildman–Crippen MR) is 114 cm³/mol. The molecule has 0 saturated carbocycles. The summed E-state index contributed by atoms with van der Waals surface area (Å²) >= 11 is 0. The van der Waals surface area contributed by atoms with Gasteiger partial charge in [0.1, 0.15) is 0 Å². The van der Waals surface area contributed by atoms with Crippen LogP contribution in [0.15, 0.2) is 60.8 Å². The normalized spacial score (nSPS) is 17.6. The van der Waals surface area contributed by atoms with Gasteiger partial charge in [-0.1, -0.05) is 48.5 Å². The quantitative estimate of drug-likeness (QED) is 0.756. The average Bonchev–Trinajstić information content (AvgIpc) is 2.72. The molecule has 3 aromatic rings. The van der Waals surface area contributed by atoms with E-state index in [9.17, 15) is 4.79 Å². The molecule has 28 heavy (non-hydrogen) atoms. The van der Waals surface area contributed by atoms with Gasteiger partial charge in [-0.25, -0.2) is 4.79 Å². The zero-order chi connectivity index (χ0) is 19.5. The van der Waals surface area contributed by atoms with Gasteiger partial charge in [0, 0.05) is 37.3 Å². The molecule has 4 rings (SSSR count). The predicted octanol–water partition coefficient (Wildman–Crippen LogP) is 3.93. The molecule has 1 saturated heterocycles. The Balaban J connectivity index is 1.50. The fourth-order valence-corrected chi connectivity index (χ4v) is 3.83. The van der Waals surface area contributed by atoms with E-state index in [4.69, 9.17) is 0 Å². The monoisotopic (exact) mass is 374 g/mol. The fraction of sp³-hybridized carbons (Fsp3) is 0.304. The van der Waals surface area contributed by atoms with Crippen LogP contribution in [0.4, 0.5) is 10.5 Å². The van der Waals surface area contributed by atoms with Crippen LogP contribution in [-0.2, 0) is 6.42 Å². The summed E-state index contributed by atoms with van der Waals surface area (Å²) in [7, 11) is 2.14. The number of likely N-dealkylation sites (N-methyl/N-ethyl adjacent to an activating group) is 1. The number of carbonyl (C=O) groups is 1. The Morgan fingerprint density at radius 1 is 1.11 bits per heavy atom. The first-order chi connectivity index (χ1) is 13.6. The zero-order valence-corrected chi connectivity index (χ0v) is 16.4. The summed E-state index contributed by atoms with van der Waals surface area (Å²) in [6.45, 7) is 4.31. The lowest BCUT2D eigenvalue weighted by atomic mass is 10.0. The third-order valence-electron chi connectivity index (χ3n) is 5.58. The Hall–Kier alpha value is -2.92. The van der Waals surface area contributed by atoms with E-state index in [0.717, 1.165) is 48.2 Å². The third-order valence-corrected chi connectivity index (χ3v) is 5.58. The van der Waals surface area contributed by atoms with Gasteiger partial charge in [-0.2, -0.15) is 0 Å². The number of nitrogens with zero attached hydrogens (tertiary/aromatic N) is 3. The second-order valence-electron chi connectivity index (χ2n) is 7.53. The molecule has 2 amide bonds. The highest BCUT2D eigenvalue weighted by molar-refractivity contribution is 6.01. The number of piperazine rings is 1. The third kappa shape index (κ3) is 3.85. The first-order valence-corrected chi connectivity index (χ1v) is 9.76. The van der Waals surface area contributed by atoms with E-state index in [1.807, 2.05) is 48.4 Å². The number of anilines is 1. The maximum Gasteiger partial charge on any atom is 0.321 e. The van der Waals surface area contributed by atoms with Gasteiger partial charge < -0.3 is 10.2 Å². The molecule has 0 spiro atoms. The lowest BCUT2D eigenvalue weighted by Crippen LogP contribution is -2.55. The number of aromatic nitrogens is 1. The van der Waals surface area contributed by atoms with E-state index in [-0.39, 0.29) is 6.03 Å². The Morgan fingerprint density at radius 2 is 1.86 bits per heavy atom. The molecule has 144 valence electrons. The molecule has 2 aromatic carbocycles. The number of benzene rings is 2. The molecule has 1 aliphatic heterocycles. The number of hydrogen-bond donors (Lipinski definition) is 1. The first-order valence-electron chi connectivity index (χ1n) is 9.76. The van der Waals surface area contributed by atoms with Crippen molar-refractivity contribution >= 4 is 22.6 Å². The number of urea groups is 1. The average molecular weight is 374 g/mol. The number of aryl methyl sites for hydroxylation is 1. The van der Waals surface area contributed by atoms with Crippen molar-refractivity contribution in [2.45, 2.75) is 19.4 Å². The lowest BCUT2D eigenvalue weighted by Gasteiger charge is -2.39. The Morgan fingerprint density at radius 3 is 2.68 bits per heavy atom. The maximum absolute atomic E-state index is 13.0. The minimum atomic E-state index is -0.0365. The summed E-state index contributed by atoms with van der Waals surface area (Å²) in [4.78, 5) is 21.8. The fourth-order valence-electron chi connectivity index (χ4n) is 3.83. The van der Waals surface area contributed by atoms with Crippen molar-refractivity contribution in [2.75, 3.05) is 32.0 Å². The highest BCUT2D eigenvalue weighted by Crippen LogP contribution is 2.26. The van der Waals surface area contributed by atoms with Crippen molar-refractivity contribution in [1.29, 1.82) is 0 Å². The number of nitrogens with one attached hydrogen (secondary N) is 1. The first kappa shape index (κ1) is 18.4. The van der Waals surface area contributed by atoms with Gasteiger partial charge in [0.05, 0.1) is 11.2 Å². The van der Waals surface area contributed by atoms with Crippen molar-refractivity contribution in [3.8, 4) is 0 Å².